The Morgan fingerprint density at radius 3 is 2.18 bits per heavy atom. The van der Waals surface area contributed by atoms with Crippen LogP contribution in [0.1, 0.15) is 38.5 Å². The number of amides is 2. The maximum atomic E-state index is 13.6. The maximum Gasteiger partial charge on any atom is 0.248 e. The average molecular weight is 401 g/mol. The standard InChI is InChI=1S/C20H33F2N3O3/c1-23(2)17(26)9-13-11-25(14-5-7-20(21,22)8-6-14)15-12-28-16(19(13)15)10-18(27)24(3)4/h13-16,19H,5-12H2,1-4H3/t13-,15-,16+,19-/m1/s1. The quantitative estimate of drug-likeness (QED) is 0.706. The van der Waals surface area contributed by atoms with Gasteiger partial charge in [0.05, 0.1) is 19.1 Å². The smallest absolute Gasteiger partial charge is 0.248 e. The number of nitrogens with zero attached hydrogens (tertiary/aromatic N) is 3. The van der Waals surface area contributed by atoms with Gasteiger partial charge in [0.1, 0.15) is 0 Å². The monoisotopic (exact) mass is 401 g/mol. The normalized spacial score (nSPS) is 32.9. The Balaban J connectivity index is 1.75. The lowest BCUT2D eigenvalue weighted by molar-refractivity contribution is -0.131. The molecular weight excluding hydrogens is 368 g/mol. The Morgan fingerprint density at radius 1 is 1.04 bits per heavy atom. The number of rotatable bonds is 5. The van der Waals surface area contributed by atoms with Gasteiger partial charge >= 0.3 is 0 Å². The van der Waals surface area contributed by atoms with Gasteiger partial charge in [-0.05, 0) is 18.8 Å². The lowest BCUT2D eigenvalue weighted by Crippen LogP contribution is -2.45. The van der Waals surface area contributed by atoms with Gasteiger partial charge in [-0.2, -0.15) is 0 Å². The van der Waals surface area contributed by atoms with Crippen molar-refractivity contribution in [3.05, 3.63) is 0 Å². The van der Waals surface area contributed by atoms with Gasteiger partial charge < -0.3 is 14.5 Å². The number of likely N-dealkylation sites (tertiary alicyclic amines) is 1. The molecule has 0 aromatic heterocycles. The molecule has 4 atom stereocenters. The highest BCUT2D eigenvalue weighted by molar-refractivity contribution is 5.77. The van der Waals surface area contributed by atoms with Crippen molar-refractivity contribution in [1.82, 2.24) is 14.7 Å². The first-order chi connectivity index (χ1) is 13.1. The van der Waals surface area contributed by atoms with Crippen LogP contribution in [0.5, 0.6) is 0 Å². The predicted molar refractivity (Wildman–Crippen MR) is 101 cm³/mol. The molecule has 1 aliphatic carbocycles. The summed E-state index contributed by atoms with van der Waals surface area (Å²) >= 11 is 0. The third-order valence-electron chi connectivity index (χ3n) is 6.74. The van der Waals surface area contributed by atoms with Crippen molar-refractivity contribution >= 4 is 11.8 Å². The van der Waals surface area contributed by atoms with Crippen LogP contribution < -0.4 is 0 Å². The van der Waals surface area contributed by atoms with Crippen molar-refractivity contribution in [1.29, 1.82) is 0 Å². The summed E-state index contributed by atoms with van der Waals surface area (Å²) in [6.07, 6.45) is 1.31. The molecule has 0 aromatic rings. The Morgan fingerprint density at radius 2 is 1.61 bits per heavy atom. The fourth-order valence-electron chi connectivity index (χ4n) is 5.09. The summed E-state index contributed by atoms with van der Waals surface area (Å²) in [5.41, 5.74) is 0. The highest BCUT2D eigenvalue weighted by Crippen LogP contribution is 2.45. The number of carbonyl (C=O) groups excluding carboxylic acids is 2. The van der Waals surface area contributed by atoms with Crippen LogP contribution in [0.4, 0.5) is 8.78 Å². The average Bonchev–Trinajstić information content (AvgIpc) is 3.17. The van der Waals surface area contributed by atoms with Gasteiger partial charge in [0.25, 0.3) is 0 Å². The molecule has 0 aromatic carbocycles. The highest BCUT2D eigenvalue weighted by Gasteiger charge is 2.53. The van der Waals surface area contributed by atoms with Crippen molar-refractivity contribution in [3.63, 3.8) is 0 Å². The van der Waals surface area contributed by atoms with E-state index in [0.29, 0.717) is 32.3 Å². The summed E-state index contributed by atoms with van der Waals surface area (Å²) in [7, 11) is 6.94. The van der Waals surface area contributed by atoms with Gasteiger partial charge in [-0.3, -0.25) is 14.5 Å². The second kappa shape index (κ2) is 8.22. The number of halogens is 2. The van der Waals surface area contributed by atoms with E-state index >= 15 is 0 Å². The topological polar surface area (TPSA) is 53.1 Å². The highest BCUT2D eigenvalue weighted by atomic mass is 19.3. The fourth-order valence-corrected chi connectivity index (χ4v) is 5.09. The van der Waals surface area contributed by atoms with E-state index in [0.717, 1.165) is 6.54 Å². The van der Waals surface area contributed by atoms with Crippen LogP contribution in [0.3, 0.4) is 0 Å². The first-order valence-electron chi connectivity index (χ1n) is 10.2. The van der Waals surface area contributed by atoms with E-state index < -0.39 is 5.92 Å². The van der Waals surface area contributed by atoms with E-state index in [1.165, 1.54) is 0 Å². The second-order valence-electron chi connectivity index (χ2n) is 9.05. The van der Waals surface area contributed by atoms with Crippen molar-refractivity contribution in [3.8, 4) is 0 Å². The maximum absolute atomic E-state index is 13.6. The van der Waals surface area contributed by atoms with Crippen molar-refractivity contribution < 1.29 is 23.1 Å². The molecule has 160 valence electrons. The van der Waals surface area contributed by atoms with E-state index in [1.807, 2.05) is 0 Å². The molecule has 1 saturated carbocycles. The molecule has 3 rings (SSSR count). The van der Waals surface area contributed by atoms with Crippen molar-refractivity contribution in [2.24, 2.45) is 11.8 Å². The third kappa shape index (κ3) is 4.48. The lowest BCUT2D eigenvalue weighted by Gasteiger charge is -2.37. The number of ether oxygens (including phenoxy) is 1. The minimum absolute atomic E-state index is 0.0131. The molecule has 0 N–H and O–H groups in total. The fraction of sp³-hybridized carbons (Fsp3) is 0.900. The van der Waals surface area contributed by atoms with Crippen molar-refractivity contribution in [2.45, 2.75) is 62.6 Å². The second-order valence-corrected chi connectivity index (χ2v) is 9.05. The molecule has 28 heavy (non-hydrogen) atoms. The van der Waals surface area contributed by atoms with Gasteiger partial charge in [-0.15, -0.1) is 0 Å². The van der Waals surface area contributed by atoms with Crippen molar-refractivity contribution in [2.75, 3.05) is 41.3 Å². The zero-order valence-corrected chi connectivity index (χ0v) is 17.4. The molecule has 2 aliphatic heterocycles. The molecule has 2 amide bonds. The Bertz CT molecular complexity index is 589. The van der Waals surface area contributed by atoms with E-state index in [9.17, 15) is 18.4 Å². The van der Waals surface area contributed by atoms with E-state index in [2.05, 4.69) is 4.90 Å². The summed E-state index contributed by atoms with van der Waals surface area (Å²) in [4.78, 5) is 30.1. The first kappa shape index (κ1) is 21.4. The van der Waals surface area contributed by atoms with Crippen LogP contribution in [0, 0.1) is 11.8 Å². The number of hydrogen-bond donors (Lipinski definition) is 0. The summed E-state index contributed by atoms with van der Waals surface area (Å²) < 4.78 is 33.2. The van der Waals surface area contributed by atoms with Crippen LogP contribution in [-0.2, 0) is 14.3 Å². The van der Waals surface area contributed by atoms with Gasteiger partial charge in [-0.1, -0.05) is 0 Å². The van der Waals surface area contributed by atoms with E-state index in [1.54, 1.807) is 38.0 Å². The molecule has 2 heterocycles. The Kier molecular flexibility index (Phi) is 6.29. The van der Waals surface area contributed by atoms with E-state index in [4.69, 9.17) is 4.74 Å². The third-order valence-corrected chi connectivity index (χ3v) is 6.74. The molecule has 6 nitrogen and oxygen atoms in total. The number of fused-ring (bicyclic) bond motifs is 1. The van der Waals surface area contributed by atoms with Crippen LogP contribution in [-0.4, -0.2) is 92.0 Å². The molecule has 2 saturated heterocycles. The van der Waals surface area contributed by atoms with Crippen LogP contribution in [0.2, 0.25) is 0 Å². The van der Waals surface area contributed by atoms with Gasteiger partial charge in [-0.25, -0.2) is 8.78 Å². The zero-order chi connectivity index (χ0) is 20.6. The summed E-state index contributed by atoms with van der Waals surface area (Å²) in [5, 5.41) is 0. The number of hydrogen-bond acceptors (Lipinski definition) is 4. The summed E-state index contributed by atoms with van der Waals surface area (Å²) in [6.45, 7) is 1.23. The Labute approximate surface area is 166 Å². The van der Waals surface area contributed by atoms with Crippen LogP contribution >= 0.6 is 0 Å². The molecule has 3 fully saturated rings. The van der Waals surface area contributed by atoms with Gasteiger partial charge in [0.15, 0.2) is 0 Å². The minimum atomic E-state index is -2.55. The predicted octanol–water partition coefficient (Wildman–Crippen LogP) is 1.84. The van der Waals surface area contributed by atoms with Gasteiger partial charge in [0.2, 0.25) is 17.7 Å². The molecule has 0 bridgehead atoms. The SMILES string of the molecule is CN(C)C(=O)C[C@@H]1CN(C2CCC(F)(F)CC2)[C@@H]2CO[C@@H](CC(=O)N(C)C)[C@H]12. The zero-order valence-electron chi connectivity index (χ0n) is 17.4. The molecule has 3 aliphatic rings. The summed E-state index contributed by atoms with van der Waals surface area (Å²) in [5.74, 6) is -2.30. The number of alkyl halides is 2. The minimum Gasteiger partial charge on any atom is -0.376 e. The first-order valence-corrected chi connectivity index (χ1v) is 10.2. The summed E-state index contributed by atoms with van der Waals surface area (Å²) in [6, 6.07) is 0.218. The molecule has 0 spiro atoms. The molecule has 0 radical (unpaired) electrons. The largest absolute Gasteiger partial charge is 0.376 e. The van der Waals surface area contributed by atoms with Crippen LogP contribution in [0.25, 0.3) is 0 Å². The molecule has 0 unspecified atom stereocenters. The Hall–Kier alpha value is -1.28. The van der Waals surface area contributed by atoms with E-state index in [-0.39, 0.29) is 54.7 Å². The number of carbonyl (C=O) groups is 2. The lowest BCUT2D eigenvalue weighted by atomic mass is 9.84. The molecule has 8 heteroatoms. The van der Waals surface area contributed by atoms with Crippen LogP contribution in [0.15, 0.2) is 0 Å². The molecular formula is C20H33F2N3O3. The van der Waals surface area contributed by atoms with Gasteiger partial charge in [0, 0.05) is 72.0 Å².